The van der Waals surface area contributed by atoms with Gasteiger partial charge in [0, 0.05) is 19.2 Å². The predicted molar refractivity (Wildman–Crippen MR) is 78.5 cm³/mol. The average molecular weight is 310 g/mol. The number of hydrogen-bond acceptors (Lipinski definition) is 3. The van der Waals surface area contributed by atoms with Crippen molar-refractivity contribution in [2.24, 2.45) is 5.41 Å². The molecular formula is C15H19FN2O4. The normalized spacial score (nSPS) is 20.8. The summed E-state index contributed by atoms with van der Waals surface area (Å²) in [5.41, 5.74) is -0.569. The van der Waals surface area contributed by atoms with Crippen LogP contribution >= 0.6 is 0 Å². The van der Waals surface area contributed by atoms with E-state index in [1.165, 1.54) is 23.1 Å². The van der Waals surface area contributed by atoms with E-state index >= 15 is 0 Å². The van der Waals surface area contributed by atoms with Crippen LogP contribution in [-0.4, -0.2) is 41.7 Å². The largest absolute Gasteiger partial charge is 0.492 e. The first kappa shape index (κ1) is 16.1. The molecule has 1 saturated heterocycles. The lowest BCUT2D eigenvalue weighted by molar-refractivity contribution is -0.146. The van der Waals surface area contributed by atoms with Crippen LogP contribution in [0.2, 0.25) is 0 Å². The van der Waals surface area contributed by atoms with Crippen molar-refractivity contribution in [3.8, 4) is 5.75 Å². The van der Waals surface area contributed by atoms with E-state index in [4.69, 9.17) is 4.74 Å². The summed E-state index contributed by atoms with van der Waals surface area (Å²) in [5.74, 6) is -1.13. The molecule has 2 amide bonds. The average Bonchev–Trinajstić information content (AvgIpc) is 2.86. The Kier molecular flexibility index (Phi) is 4.54. The van der Waals surface area contributed by atoms with Crippen molar-refractivity contribution in [1.82, 2.24) is 4.90 Å². The Morgan fingerprint density at radius 1 is 1.50 bits per heavy atom. The van der Waals surface area contributed by atoms with Crippen molar-refractivity contribution in [1.29, 1.82) is 0 Å². The summed E-state index contributed by atoms with van der Waals surface area (Å²) >= 11 is 0. The first-order valence-electron chi connectivity index (χ1n) is 7.07. The lowest BCUT2D eigenvalue weighted by Gasteiger charge is -2.21. The van der Waals surface area contributed by atoms with Crippen molar-refractivity contribution in [3.05, 3.63) is 24.0 Å². The first-order valence-corrected chi connectivity index (χ1v) is 7.07. The number of nitrogens with zero attached hydrogens (tertiary/aromatic N) is 1. The van der Waals surface area contributed by atoms with E-state index < -0.39 is 23.2 Å². The van der Waals surface area contributed by atoms with Crippen molar-refractivity contribution >= 4 is 17.7 Å². The van der Waals surface area contributed by atoms with Crippen LogP contribution in [-0.2, 0) is 4.79 Å². The number of carboxylic acids is 1. The van der Waals surface area contributed by atoms with Gasteiger partial charge in [-0.05, 0) is 32.4 Å². The van der Waals surface area contributed by atoms with Crippen LogP contribution in [0.3, 0.4) is 0 Å². The van der Waals surface area contributed by atoms with Gasteiger partial charge in [0.25, 0.3) is 0 Å². The zero-order valence-corrected chi connectivity index (χ0v) is 12.6. The molecule has 1 fully saturated rings. The molecule has 1 aromatic rings. The SMILES string of the molecule is CCOc1cc(F)ccc1NC(=O)N1CCC(C)(C(=O)O)C1. The van der Waals surface area contributed by atoms with Crippen LogP contribution in [0.4, 0.5) is 14.9 Å². The molecule has 0 spiro atoms. The molecule has 7 heteroatoms. The molecule has 0 aromatic heterocycles. The number of nitrogens with one attached hydrogen (secondary N) is 1. The maximum atomic E-state index is 13.2. The van der Waals surface area contributed by atoms with Crippen molar-refractivity contribution in [2.75, 3.05) is 25.0 Å². The van der Waals surface area contributed by atoms with Crippen molar-refractivity contribution in [3.63, 3.8) is 0 Å². The molecule has 6 nitrogen and oxygen atoms in total. The minimum Gasteiger partial charge on any atom is -0.492 e. The third-order valence-electron chi connectivity index (χ3n) is 3.76. The molecule has 2 rings (SSSR count). The number of aliphatic carboxylic acids is 1. The molecule has 120 valence electrons. The molecule has 1 aromatic carbocycles. The van der Waals surface area contributed by atoms with E-state index in [1.54, 1.807) is 13.8 Å². The summed E-state index contributed by atoms with van der Waals surface area (Å²) in [6.45, 7) is 4.22. The van der Waals surface area contributed by atoms with E-state index in [2.05, 4.69) is 5.32 Å². The van der Waals surface area contributed by atoms with Gasteiger partial charge in [-0.25, -0.2) is 9.18 Å². The van der Waals surface area contributed by atoms with Crippen LogP contribution in [0, 0.1) is 11.2 Å². The van der Waals surface area contributed by atoms with Gasteiger partial charge in [0.05, 0.1) is 17.7 Å². The quantitative estimate of drug-likeness (QED) is 0.896. The Balaban J connectivity index is 2.09. The second kappa shape index (κ2) is 6.21. The number of carbonyl (C=O) groups is 2. The summed E-state index contributed by atoms with van der Waals surface area (Å²) in [5, 5.41) is 11.8. The number of ether oxygens (including phenoxy) is 1. The van der Waals surface area contributed by atoms with Gasteiger partial charge in [0.1, 0.15) is 11.6 Å². The fourth-order valence-corrected chi connectivity index (χ4v) is 2.38. The van der Waals surface area contributed by atoms with E-state index in [1.807, 2.05) is 0 Å². The number of carbonyl (C=O) groups excluding carboxylic acids is 1. The number of urea groups is 1. The summed E-state index contributed by atoms with van der Waals surface area (Å²) in [7, 11) is 0. The number of anilines is 1. The van der Waals surface area contributed by atoms with Crippen LogP contribution < -0.4 is 10.1 Å². The smallest absolute Gasteiger partial charge is 0.321 e. The summed E-state index contributed by atoms with van der Waals surface area (Å²) in [6, 6.07) is 3.43. The first-order chi connectivity index (χ1) is 10.4. The lowest BCUT2D eigenvalue weighted by atomic mass is 9.90. The van der Waals surface area contributed by atoms with E-state index in [0.29, 0.717) is 25.3 Å². The fraction of sp³-hybridized carbons (Fsp3) is 0.467. The molecule has 1 heterocycles. The number of likely N-dealkylation sites (tertiary alicyclic amines) is 1. The van der Waals surface area contributed by atoms with Gasteiger partial charge < -0.3 is 20.1 Å². The molecular weight excluding hydrogens is 291 g/mol. The van der Waals surface area contributed by atoms with Crippen LogP contribution in [0.5, 0.6) is 5.75 Å². The number of benzene rings is 1. The third-order valence-corrected chi connectivity index (χ3v) is 3.76. The summed E-state index contributed by atoms with van der Waals surface area (Å²) in [6.07, 6.45) is 0.400. The van der Waals surface area contributed by atoms with Crippen molar-refractivity contribution in [2.45, 2.75) is 20.3 Å². The molecule has 0 radical (unpaired) electrons. The monoisotopic (exact) mass is 310 g/mol. The zero-order valence-electron chi connectivity index (χ0n) is 12.6. The molecule has 1 atom stereocenters. The van der Waals surface area contributed by atoms with Gasteiger partial charge >= 0.3 is 12.0 Å². The number of amides is 2. The molecule has 1 aliphatic heterocycles. The van der Waals surface area contributed by atoms with Gasteiger partial charge in [0.15, 0.2) is 0 Å². The van der Waals surface area contributed by atoms with E-state index in [-0.39, 0.29) is 12.3 Å². The highest BCUT2D eigenvalue weighted by atomic mass is 19.1. The van der Waals surface area contributed by atoms with Gasteiger partial charge in [-0.1, -0.05) is 0 Å². The van der Waals surface area contributed by atoms with Crippen molar-refractivity contribution < 1.29 is 23.8 Å². The lowest BCUT2D eigenvalue weighted by Crippen LogP contribution is -2.37. The number of hydrogen-bond donors (Lipinski definition) is 2. The third kappa shape index (κ3) is 3.29. The highest BCUT2D eigenvalue weighted by molar-refractivity contribution is 5.92. The van der Waals surface area contributed by atoms with Gasteiger partial charge in [0.2, 0.25) is 0 Å². The minimum atomic E-state index is -0.928. The van der Waals surface area contributed by atoms with Gasteiger partial charge in [-0.15, -0.1) is 0 Å². The molecule has 0 bridgehead atoms. The summed E-state index contributed by atoms with van der Waals surface area (Å²) in [4.78, 5) is 24.9. The number of carboxylic acid groups (broad SMARTS) is 1. The Morgan fingerprint density at radius 3 is 2.82 bits per heavy atom. The Labute approximate surface area is 127 Å². The number of halogens is 1. The highest BCUT2D eigenvalue weighted by Gasteiger charge is 2.42. The number of rotatable bonds is 4. The Hall–Kier alpha value is -2.31. The van der Waals surface area contributed by atoms with Crippen LogP contribution in [0.25, 0.3) is 0 Å². The van der Waals surface area contributed by atoms with Gasteiger partial charge in [-0.3, -0.25) is 4.79 Å². The fourth-order valence-electron chi connectivity index (χ4n) is 2.38. The topological polar surface area (TPSA) is 78.9 Å². The molecule has 2 N–H and O–H groups in total. The maximum Gasteiger partial charge on any atom is 0.321 e. The predicted octanol–water partition coefficient (Wildman–Crippen LogP) is 2.55. The molecule has 22 heavy (non-hydrogen) atoms. The minimum absolute atomic E-state index is 0.138. The van der Waals surface area contributed by atoms with Gasteiger partial charge in [-0.2, -0.15) is 0 Å². The van der Waals surface area contributed by atoms with Crippen LogP contribution in [0.15, 0.2) is 18.2 Å². The molecule has 0 saturated carbocycles. The maximum absolute atomic E-state index is 13.2. The highest BCUT2D eigenvalue weighted by Crippen LogP contribution is 2.31. The van der Waals surface area contributed by atoms with E-state index in [9.17, 15) is 19.1 Å². The zero-order chi connectivity index (χ0) is 16.3. The second-order valence-corrected chi connectivity index (χ2v) is 5.54. The Morgan fingerprint density at radius 2 is 2.23 bits per heavy atom. The Bertz CT molecular complexity index is 593. The van der Waals surface area contributed by atoms with Crippen LogP contribution in [0.1, 0.15) is 20.3 Å². The molecule has 1 aliphatic rings. The second-order valence-electron chi connectivity index (χ2n) is 5.54. The molecule has 0 aliphatic carbocycles. The molecule has 1 unspecified atom stereocenters. The summed E-state index contributed by atoms with van der Waals surface area (Å²) < 4.78 is 18.5. The standard InChI is InChI=1S/C15H19FN2O4/c1-3-22-12-8-10(16)4-5-11(12)17-14(21)18-7-6-15(2,9-18)13(19)20/h4-5,8H,3,6-7,9H2,1-2H3,(H,17,21)(H,19,20). The van der Waals surface area contributed by atoms with E-state index in [0.717, 1.165) is 0 Å².